The molecule has 2 N–H and O–H groups in total. The lowest BCUT2D eigenvalue weighted by Crippen LogP contribution is -2.38. The molecule has 0 spiro atoms. The first-order valence-electron chi connectivity index (χ1n) is 8.18. The quantitative estimate of drug-likeness (QED) is 0.817. The van der Waals surface area contributed by atoms with Crippen molar-refractivity contribution in [3.8, 4) is 5.75 Å². The first kappa shape index (κ1) is 17.7. The highest BCUT2D eigenvalue weighted by Crippen LogP contribution is 2.32. The van der Waals surface area contributed by atoms with Crippen LogP contribution in [-0.2, 0) is 13.0 Å². The van der Waals surface area contributed by atoms with E-state index in [2.05, 4.69) is 15.4 Å². The smallest absolute Gasteiger partial charge is 0.387 e. The molecular weight excluding hydrogens is 346 g/mol. The van der Waals surface area contributed by atoms with Gasteiger partial charge in [0.1, 0.15) is 5.75 Å². The van der Waals surface area contributed by atoms with E-state index in [0.29, 0.717) is 6.54 Å². The van der Waals surface area contributed by atoms with Crippen LogP contribution in [0.3, 0.4) is 0 Å². The molecule has 1 unspecified atom stereocenters. The molecule has 1 aliphatic carbocycles. The molecule has 0 aliphatic heterocycles. The summed E-state index contributed by atoms with van der Waals surface area (Å²) < 4.78 is 29.1. The Labute approximate surface area is 149 Å². The number of urea groups is 1. The number of thiophene rings is 1. The van der Waals surface area contributed by atoms with Crippen LogP contribution in [0.4, 0.5) is 13.6 Å². The van der Waals surface area contributed by atoms with Gasteiger partial charge in [-0.3, -0.25) is 0 Å². The van der Waals surface area contributed by atoms with Gasteiger partial charge in [0.15, 0.2) is 0 Å². The third-order valence-electron chi connectivity index (χ3n) is 4.34. The molecule has 0 bridgehead atoms. The lowest BCUT2D eigenvalue weighted by atomic mass is 9.87. The van der Waals surface area contributed by atoms with Crippen LogP contribution >= 0.6 is 11.3 Å². The SMILES string of the molecule is Cc1ccsc1CNC(=O)NC1CCCc2cc(OC(F)F)ccc21. The normalized spacial score (nSPS) is 16.4. The predicted molar refractivity (Wildman–Crippen MR) is 93.2 cm³/mol. The van der Waals surface area contributed by atoms with E-state index >= 15 is 0 Å². The second kappa shape index (κ2) is 7.82. The Balaban J connectivity index is 1.62. The standard InChI is InChI=1S/C18H20F2N2O2S/c1-11-7-8-25-16(11)10-21-18(23)22-15-4-2-3-12-9-13(24-17(19)20)5-6-14(12)15/h5-9,15,17H,2-4,10H2,1H3,(H2,21,22,23). The molecule has 0 fully saturated rings. The van der Waals surface area contributed by atoms with Crippen molar-refractivity contribution in [1.82, 2.24) is 10.6 Å². The number of aryl methyl sites for hydroxylation is 2. The molecule has 1 aliphatic rings. The number of halogens is 2. The minimum absolute atomic E-state index is 0.117. The zero-order valence-electron chi connectivity index (χ0n) is 13.9. The van der Waals surface area contributed by atoms with Gasteiger partial charge in [-0.25, -0.2) is 4.79 Å². The maximum atomic E-state index is 12.3. The summed E-state index contributed by atoms with van der Waals surface area (Å²) in [7, 11) is 0. The number of hydrogen-bond acceptors (Lipinski definition) is 3. The first-order valence-corrected chi connectivity index (χ1v) is 9.06. The molecular formula is C18H20F2N2O2S. The van der Waals surface area contributed by atoms with Crippen LogP contribution in [0.25, 0.3) is 0 Å². The number of benzene rings is 1. The molecule has 2 aromatic rings. The number of rotatable bonds is 5. The fraction of sp³-hybridized carbons (Fsp3) is 0.389. The Morgan fingerprint density at radius 1 is 1.40 bits per heavy atom. The third kappa shape index (κ3) is 4.48. The van der Waals surface area contributed by atoms with Gasteiger partial charge < -0.3 is 15.4 Å². The molecule has 0 saturated carbocycles. The zero-order chi connectivity index (χ0) is 17.8. The van der Waals surface area contributed by atoms with Gasteiger partial charge >= 0.3 is 12.6 Å². The fourth-order valence-corrected chi connectivity index (χ4v) is 3.92. The average Bonchev–Trinajstić information content (AvgIpc) is 2.97. The topological polar surface area (TPSA) is 50.4 Å². The lowest BCUT2D eigenvalue weighted by Gasteiger charge is -2.27. The summed E-state index contributed by atoms with van der Waals surface area (Å²) in [6.07, 6.45) is 2.51. The summed E-state index contributed by atoms with van der Waals surface area (Å²) in [6.45, 7) is -0.320. The predicted octanol–water partition coefficient (Wildman–Crippen LogP) is 4.53. The number of nitrogens with one attached hydrogen (secondary N) is 2. The monoisotopic (exact) mass is 366 g/mol. The van der Waals surface area contributed by atoms with E-state index in [4.69, 9.17) is 0 Å². The highest BCUT2D eigenvalue weighted by atomic mass is 32.1. The van der Waals surface area contributed by atoms with Crippen molar-refractivity contribution >= 4 is 17.4 Å². The average molecular weight is 366 g/mol. The van der Waals surface area contributed by atoms with Crippen molar-refractivity contribution in [2.45, 2.75) is 45.4 Å². The Kier molecular flexibility index (Phi) is 5.53. The van der Waals surface area contributed by atoms with E-state index in [1.54, 1.807) is 23.5 Å². The van der Waals surface area contributed by atoms with Crippen LogP contribution in [0.1, 0.15) is 40.5 Å². The van der Waals surface area contributed by atoms with Gasteiger partial charge in [-0.15, -0.1) is 11.3 Å². The van der Waals surface area contributed by atoms with Crippen molar-refractivity contribution in [1.29, 1.82) is 0 Å². The minimum Gasteiger partial charge on any atom is -0.435 e. The van der Waals surface area contributed by atoms with E-state index in [1.165, 1.54) is 11.6 Å². The van der Waals surface area contributed by atoms with Crippen LogP contribution in [0.5, 0.6) is 5.75 Å². The molecule has 1 heterocycles. The molecule has 25 heavy (non-hydrogen) atoms. The molecule has 4 nitrogen and oxygen atoms in total. The first-order chi connectivity index (χ1) is 12.0. The van der Waals surface area contributed by atoms with E-state index in [-0.39, 0.29) is 17.8 Å². The second-order valence-electron chi connectivity index (χ2n) is 6.04. The van der Waals surface area contributed by atoms with Crippen LogP contribution in [-0.4, -0.2) is 12.6 Å². The summed E-state index contributed by atoms with van der Waals surface area (Å²) in [6, 6.07) is 6.61. The Hall–Kier alpha value is -2.15. The highest BCUT2D eigenvalue weighted by molar-refractivity contribution is 7.10. The summed E-state index contributed by atoms with van der Waals surface area (Å²) in [5, 5.41) is 7.86. The molecule has 1 atom stereocenters. The Morgan fingerprint density at radius 2 is 2.24 bits per heavy atom. The van der Waals surface area contributed by atoms with Gasteiger partial charge in [-0.2, -0.15) is 8.78 Å². The minimum atomic E-state index is -2.83. The van der Waals surface area contributed by atoms with Gasteiger partial charge in [-0.1, -0.05) is 6.07 Å². The molecule has 1 aromatic heterocycles. The maximum absolute atomic E-state index is 12.3. The summed E-state index contributed by atoms with van der Waals surface area (Å²) in [4.78, 5) is 13.3. The number of hydrogen-bond donors (Lipinski definition) is 2. The molecule has 0 radical (unpaired) electrons. The van der Waals surface area contributed by atoms with E-state index < -0.39 is 6.61 Å². The van der Waals surface area contributed by atoms with Crippen molar-refractivity contribution < 1.29 is 18.3 Å². The lowest BCUT2D eigenvalue weighted by molar-refractivity contribution is -0.0499. The van der Waals surface area contributed by atoms with Crippen molar-refractivity contribution in [3.05, 3.63) is 51.2 Å². The molecule has 3 rings (SSSR count). The third-order valence-corrected chi connectivity index (χ3v) is 5.36. The highest BCUT2D eigenvalue weighted by Gasteiger charge is 2.22. The Morgan fingerprint density at radius 3 is 2.96 bits per heavy atom. The number of fused-ring (bicyclic) bond motifs is 1. The largest absolute Gasteiger partial charge is 0.435 e. The van der Waals surface area contributed by atoms with Gasteiger partial charge in [0.25, 0.3) is 0 Å². The number of amides is 2. The fourth-order valence-electron chi connectivity index (χ4n) is 3.07. The van der Waals surface area contributed by atoms with Crippen molar-refractivity contribution in [3.63, 3.8) is 0 Å². The van der Waals surface area contributed by atoms with Crippen molar-refractivity contribution in [2.75, 3.05) is 0 Å². The van der Waals surface area contributed by atoms with Gasteiger partial charge in [0.05, 0.1) is 12.6 Å². The van der Waals surface area contributed by atoms with Gasteiger partial charge in [-0.05, 0) is 66.5 Å². The zero-order valence-corrected chi connectivity index (χ0v) is 14.7. The molecule has 0 saturated heterocycles. The van der Waals surface area contributed by atoms with E-state index in [1.807, 2.05) is 18.4 Å². The number of alkyl halides is 2. The van der Waals surface area contributed by atoms with Crippen LogP contribution < -0.4 is 15.4 Å². The molecule has 1 aromatic carbocycles. The molecule has 134 valence electrons. The van der Waals surface area contributed by atoms with Crippen LogP contribution in [0, 0.1) is 6.92 Å². The van der Waals surface area contributed by atoms with Gasteiger partial charge in [0.2, 0.25) is 0 Å². The van der Waals surface area contributed by atoms with Crippen LogP contribution in [0.15, 0.2) is 29.6 Å². The Bertz CT molecular complexity index is 748. The van der Waals surface area contributed by atoms with Crippen molar-refractivity contribution in [2.24, 2.45) is 0 Å². The number of ether oxygens (including phenoxy) is 1. The number of carbonyl (C=O) groups is 1. The summed E-state index contributed by atoms with van der Waals surface area (Å²) >= 11 is 1.61. The van der Waals surface area contributed by atoms with E-state index in [9.17, 15) is 13.6 Å². The van der Waals surface area contributed by atoms with E-state index in [0.717, 1.165) is 35.3 Å². The van der Waals surface area contributed by atoms with Crippen LogP contribution in [0.2, 0.25) is 0 Å². The molecule has 2 amide bonds. The maximum Gasteiger partial charge on any atom is 0.387 e. The number of carbonyl (C=O) groups excluding carboxylic acids is 1. The van der Waals surface area contributed by atoms with Gasteiger partial charge in [0, 0.05) is 4.88 Å². The summed E-state index contributed by atoms with van der Waals surface area (Å²) in [5.74, 6) is 0.159. The molecule has 7 heteroatoms. The second-order valence-corrected chi connectivity index (χ2v) is 7.04. The summed E-state index contributed by atoms with van der Waals surface area (Å²) in [5.41, 5.74) is 3.08.